The van der Waals surface area contributed by atoms with Gasteiger partial charge in [-0.3, -0.25) is 4.79 Å². The molecule has 2 aromatic heterocycles. The Bertz CT molecular complexity index is 769. The largest absolute Gasteiger partial charge is 0.477 e. The van der Waals surface area contributed by atoms with Crippen LogP contribution in [0.25, 0.3) is 0 Å². The number of hydrogen-bond donors (Lipinski definition) is 1. The molecule has 132 valence electrons. The summed E-state index contributed by atoms with van der Waals surface area (Å²) in [6.07, 6.45) is 3.06. The average molecular weight is 344 g/mol. The number of nitrogens with zero attached hydrogens (tertiary/aromatic N) is 4. The molecule has 8 nitrogen and oxygen atoms in total. The lowest BCUT2D eigenvalue weighted by atomic mass is 9.97. The Morgan fingerprint density at radius 3 is 2.76 bits per heavy atom. The monoisotopic (exact) mass is 344 g/mol. The molecule has 0 bridgehead atoms. The summed E-state index contributed by atoms with van der Waals surface area (Å²) >= 11 is 0. The van der Waals surface area contributed by atoms with Crippen molar-refractivity contribution in [1.29, 1.82) is 0 Å². The molecule has 25 heavy (non-hydrogen) atoms. The van der Waals surface area contributed by atoms with E-state index in [1.165, 1.54) is 18.3 Å². The number of aromatic carboxylic acids is 1. The fourth-order valence-electron chi connectivity index (χ4n) is 2.85. The van der Waals surface area contributed by atoms with Crippen molar-refractivity contribution < 1.29 is 19.2 Å². The average Bonchev–Trinajstić information content (AvgIpc) is 3.12. The minimum absolute atomic E-state index is 0.0419. The molecule has 0 aliphatic carbocycles. The van der Waals surface area contributed by atoms with Crippen LogP contribution in [0.4, 0.5) is 0 Å². The van der Waals surface area contributed by atoms with Crippen molar-refractivity contribution in [1.82, 2.24) is 20.0 Å². The predicted octanol–water partition coefficient (Wildman–Crippen LogP) is 2.31. The predicted molar refractivity (Wildman–Crippen MR) is 87.5 cm³/mol. The van der Waals surface area contributed by atoms with Crippen molar-refractivity contribution in [3.63, 3.8) is 0 Å². The standard InChI is InChI=1S/C17H20N4O4/c1-10(2)15-19-14(20-25-15)12-4-3-7-21(9-12)16(22)11-5-6-13(17(23)24)18-8-11/h5-6,8,10,12H,3-4,7,9H2,1-2H3,(H,23,24). The quantitative estimate of drug-likeness (QED) is 0.906. The molecule has 0 spiro atoms. The molecule has 0 saturated carbocycles. The molecule has 8 heteroatoms. The number of likely N-dealkylation sites (tertiary alicyclic amines) is 1. The van der Waals surface area contributed by atoms with Gasteiger partial charge in [0.05, 0.1) is 5.56 Å². The van der Waals surface area contributed by atoms with Crippen LogP contribution in [0, 0.1) is 0 Å². The summed E-state index contributed by atoms with van der Waals surface area (Å²) in [6.45, 7) is 5.13. The van der Waals surface area contributed by atoms with Crippen molar-refractivity contribution in [2.45, 2.75) is 38.5 Å². The zero-order valence-corrected chi connectivity index (χ0v) is 14.2. The van der Waals surface area contributed by atoms with Crippen LogP contribution in [0.1, 0.15) is 71.1 Å². The molecule has 0 radical (unpaired) electrons. The molecule has 1 fully saturated rings. The van der Waals surface area contributed by atoms with Gasteiger partial charge in [0.2, 0.25) is 5.89 Å². The smallest absolute Gasteiger partial charge is 0.354 e. The molecule has 1 unspecified atom stereocenters. The summed E-state index contributed by atoms with van der Waals surface area (Å²) in [4.78, 5) is 33.5. The maximum Gasteiger partial charge on any atom is 0.354 e. The minimum Gasteiger partial charge on any atom is -0.477 e. The molecule has 0 aromatic carbocycles. The lowest BCUT2D eigenvalue weighted by Gasteiger charge is -2.31. The maximum atomic E-state index is 12.6. The van der Waals surface area contributed by atoms with E-state index in [-0.39, 0.29) is 23.4 Å². The SMILES string of the molecule is CC(C)c1nc(C2CCCN(C(=O)c3ccc(C(=O)O)nc3)C2)no1. The molecule has 3 heterocycles. The van der Waals surface area contributed by atoms with Crippen molar-refractivity contribution in [2.24, 2.45) is 0 Å². The lowest BCUT2D eigenvalue weighted by Crippen LogP contribution is -2.39. The van der Waals surface area contributed by atoms with Gasteiger partial charge in [-0.15, -0.1) is 0 Å². The number of amides is 1. The minimum atomic E-state index is -1.12. The van der Waals surface area contributed by atoms with Gasteiger partial charge in [0.15, 0.2) is 5.82 Å². The third-order valence-corrected chi connectivity index (χ3v) is 4.25. The molecule has 1 N–H and O–H groups in total. The molecule has 1 aliphatic heterocycles. The van der Waals surface area contributed by atoms with E-state index in [0.717, 1.165) is 12.8 Å². The van der Waals surface area contributed by atoms with Crippen LogP contribution in [-0.4, -0.2) is 50.1 Å². The van der Waals surface area contributed by atoms with E-state index in [0.29, 0.717) is 30.4 Å². The summed E-state index contributed by atoms with van der Waals surface area (Å²) in [5.41, 5.74) is 0.294. The van der Waals surface area contributed by atoms with Crippen LogP contribution >= 0.6 is 0 Å². The summed E-state index contributed by atoms with van der Waals surface area (Å²) in [5, 5.41) is 12.9. The first-order valence-electron chi connectivity index (χ1n) is 8.28. The Kier molecular flexibility index (Phi) is 4.78. The molecule has 1 amide bonds. The van der Waals surface area contributed by atoms with Gasteiger partial charge < -0.3 is 14.5 Å². The normalized spacial score (nSPS) is 17.7. The number of aromatic nitrogens is 3. The number of pyridine rings is 1. The number of carboxylic acid groups (broad SMARTS) is 1. The number of piperidine rings is 1. The molecule has 3 rings (SSSR count). The highest BCUT2D eigenvalue weighted by atomic mass is 16.5. The second-order valence-electron chi connectivity index (χ2n) is 6.47. The Morgan fingerprint density at radius 1 is 1.36 bits per heavy atom. The Labute approximate surface area is 144 Å². The fraction of sp³-hybridized carbons (Fsp3) is 0.471. The van der Waals surface area contributed by atoms with Gasteiger partial charge in [-0.25, -0.2) is 9.78 Å². The number of carbonyl (C=O) groups excluding carboxylic acids is 1. The second-order valence-corrected chi connectivity index (χ2v) is 6.47. The molecule has 1 atom stereocenters. The third kappa shape index (κ3) is 3.67. The van der Waals surface area contributed by atoms with Gasteiger partial charge in [-0.2, -0.15) is 4.98 Å². The first kappa shape index (κ1) is 17.1. The first-order valence-corrected chi connectivity index (χ1v) is 8.28. The van der Waals surface area contributed by atoms with Gasteiger partial charge in [0.25, 0.3) is 5.91 Å². The van der Waals surface area contributed by atoms with Gasteiger partial charge in [-0.1, -0.05) is 19.0 Å². The highest BCUT2D eigenvalue weighted by Gasteiger charge is 2.29. The van der Waals surface area contributed by atoms with Crippen molar-refractivity contribution in [3.05, 3.63) is 41.3 Å². The number of rotatable bonds is 4. The fourth-order valence-corrected chi connectivity index (χ4v) is 2.85. The number of carboxylic acids is 1. The van der Waals surface area contributed by atoms with Gasteiger partial charge in [0.1, 0.15) is 5.69 Å². The van der Waals surface area contributed by atoms with E-state index in [1.807, 2.05) is 13.8 Å². The molecule has 1 aliphatic rings. The Hall–Kier alpha value is -2.77. The first-order chi connectivity index (χ1) is 12.0. The van der Waals surface area contributed by atoms with E-state index in [9.17, 15) is 9.59 Å². The van der Waals surface area contributed by atoms with Gasteiger partial charge >= 0.3 is 5.97 Å². The highest BCUT2D eigenvalue weighted by Crippen LogP contribution is 2.27. The van der Waals surface area contributed by atoms with Crippen LogP contribution in [-0.2, 0) is 0 Å². The van der Waals surface area contributed by atoms with E-state index < -0.39 is 5.97 Å². The third-order valence-electron chi connectivity index (χ3n) is 4.25. The molecular weight excluding hydrogens is 324 g/mol. The summed E-state index contributed by atoms with van der Waals surface area (Å²) < 4.78 is 5.27. The van der Waals surface area contributed by atoms with Crippen molar-refractivity contribution in [2.75, 3.05) is 13.1 Å². The summed E-state index contributed by atoms with van der Waals surface area (Å²) in [5.74, 6) is 0.172. The molecule has 1 saturated heterocycles. The Balaban J connectivity index is 1.71. The van der Waals surface area contributed by atoms with E-state index in [2.05, 4.69) is 15.1 Å². The van der Waals surface area contributed by atoms with E-state index in [1.54, 1.807) is 4.90 Å². The maximum absolute atomic E-state index is 12.6. The Morgan fingerprint density at radius 2 is 2.16 bits per heavy atom. The van der Waals surface area contributed by atoms with Crippen LogP contribution in [0.2, 0.25) is 0 Å². The lowest BCUT2D eigenvalue weighted by molar-refractivity contribution is 0.0680. The van der Waals surface area contributed by atoms with Crippen LogP contribution in [0.15, 0.2) is 22.9 Å². The summed E-state index contributed by atoms with van der Waals surface area (Å²) in [7, 11) is 0. The van der Waals surface area contributed by atoms with Crippen LogP contribution in [0.5, 0.6) is 0 Å². The van der Waals surface area contributed by atoms with Crippen molar-refractivity contribution >= 4 is 11.9 Å². The van der Waals surface area contributed by atoms with E-state index in [4.69, 9.17) is 9.63 Å². The topological polar surface area (TPSA) is 109 Å². The molecule has 2 aromatic rings. The zero-order valence-electron chi connectivity index (χ0n) is 14.2. The van der Waals surface area contributed by atoms with Gasteiger partial charge in [-0.05, 0) is 25.0 Å². The summed E-state index contributed by atoms with van der Waals surface area (Å²) in [6, 6.07) is 2.83. The van der Waals surface area contributed by atoms with Gasteiger partial charge in [0, 0.05) is 31.1 Å². The number of hydrogen-bond acceptors (Lipinski definition) is 6. The second kappa shape index (κ2) is 7.00. The zero-order chi connectivity index (χ0) is 18.0. The molecular formula is C17H20N4O4. The van der Waals surface area contributed by atoms with Crippen molar-refractivity contribution in [3.8, 4) is 0 Å². The van der Waals surface area contributed by atoms with E-state index >= 15 is 0 Å². The van der Waals surface area contributed by atoms with Crippen LogP contribution in [0.3, 0.4) is 0 Å². The number of carbonyl (C=O) groups is 2. The highest BCUT2D eigenvalue weighted by molar-refractivity contribution is 5.95. The van der Waals surface area contributed by atoms with Crippen LogP contribution < -0.4 is 0 Å².